The van der Waals surface area contributed by atoms with Gasteiger partial charge in [0, 0.05) is 10.6 Å². The molecule has 1 saturated heterocycles. The van der Waals surface area contributed by atoms with Gasteiger partial charge in [0.15, 0.2) is 5.79 Å². The summed E-state index contributed by atoms with van der Waals surface area (Å²) in [6.07, 6.45) is -0.690. The fourth-order valence-electron chi connectivity index (χ4n) is 7.35. The molecule has 6 heteroatoms. The first-order valence-corrected chi connectivity index (χ1v) is 22.1. The zero-order valence-electron chi connectivity index (χ0n) is 32.8. The van der Waals surface area contributed by atoms with Crippen molar-refractivity contribution in [2.45, 2.75) is 71.4 Å². The van der Waals surface area contributed by atoms with E-state index in [-0.39, 0.29) is 24.0 Å². The van der Waals surface area contributed by atoms with Gasteiger partial charge in [-0.15, -0.1) is 0 Å². The minimum Gasteiger partial charge on any atom is -0.490 e. The number of para-hydroxylation sites is 2. The molecule has 1 aliphatic heterocycles. The molecule has 2 atom stereocenters. The summed E-state index contributed by atoms with van der Waals surface area (Å²) in [6, 6.07) is 56.5. The maximum Gasteiger partial charge on any atom is 0.164 e. The second-order valence-electron chi connectivity index (χ2n) is 15.0. The van der Waals surface area contributed by atoms with Crippen LogP contribution in [0.5, 0.6) is 11.5 Å². The van der Waals surface area contributed by atoms with Crippen LogP contribution in [0.2, 0.25) is 0 Å². The fraction of sp³-hybridized carbons (Fsp3) is 0.265. The number of benzene rings is 6. The summed E-state index contributed by atoms with van der Waals surface area (Å²) in [5.74, 6) is 1.63. The lowest BCUT2D eigenvalue weighted by Crippen LogP contribution is -2.35. The van der Waals surface area contributed by atoms with Crippen molar-refractivity contribution in [1.29, 1.82) is 0 Å². The van der Waals surface area contributed by atoms with Crippen LogP contribution < -0.4 is 41.3 Å². The third-order valence-electron chi connectivity index (χ3n) is 9.90. The summed E-state index contributed by atoms with van der Waals surface area (Å²) in [5, 5.41) is 7.55. The van der Waals surface area contributed by atoms with E-state index in [1.54, 1.807) is 0 Å². The second-order valence-corrected chi connectivity index (χ2v) is 19.4. The first kappa shape index (κ1) is 39.0. The number of hydrogen-bond donors (Lipinski definition) is 0. The predicted octanol–water partition coefficient (Wildman–Crippen LogP) is 9.43. The minimum atomic E-state index is -0.877. The Bertz CT molecular complexity index is 1890. The van der Waals surface area contributed by atoms with Crippen molar-refractivity contribution in [3.8, 4) is 11.5 Å². The highest BCUT2D eigenvalue weighted by Crippen LogP contribution is 2.42. The lowest BCUT2D eigenvalue weighted by atomic mass is 10.0. The standard InChI is InChI=1S/C49H52O4P2/c1-35(2)41-29-19-31-45(54(37-21-11-7-12-22-37)38-23-13-8-14-24-38)47(41)50-33-43-44(53-49(5,6)52-43)34-51-48-42(36(3)4)30-20-32-46(48)55(39-25-15-9-16-26-39)40-27-17-10-18-28-40/h7-32,35-36,43-44H,33-34H2,1-6H3/t43-,44-/m1/s1. The molecular formula is C49H52O4P2. The minimum absolute atomic E-state index is 0.268. The highest BCUT2D eigenvalue weighted by Gasteiger charge is 2.43. The highest BCUT2D eigenvalue weighted by atomic mass is 31.1. The molecule has 282 valence electrons. The Morgan fingerprint density at radius 3 is 1.05 bits per heavy atom. The van der Waals surface area contributed by atoms with E-state index in [9.17, 15) is 0 Å². The van der Waals surface area contributed by atoms with Crippen LogP contribution in [-0.4, -0.2) is 31.2 Å². The van der Waals surface area contributed by atoms with Gasteiger partial charge in [0.25, 0.3) is 0 Å². The SMILES string of the molecule is CC(C)c1cccc(P(c2ccccc2)c2ccccc2)c1OC[C@H]1OC(C)(C)O[C@@H]1COc1c(C(C)C)cccc1P(c1ccccc1)c1ccccc1. The van der Waals surface area contributed by atoms with Gasteiger partial charge in [0.2, 0.25) is 0 Å². The molecule has 0 aliphatic carbocycles. The molecule has 6 aromatic rings. The van der Waals surface area contributed by atoms with Crippen molar-refractivity contribution in [2.24, 2.45) is 0 Å². The van der Waals surface area contributed by atoms with Gasteiger partial charge in [-0.1, -0.05) is 185 Å². The smallest absolute Gasteiger partial charge is 0.164 e. The van der Waals surface area contributed by atoms with E-state index in [2.05, 4.69) is 185 Å². The van der Waals surface area contributed by atoms with E-state index in [0.717, 1.165) is 11.5 Å². The van der Waals surface area contributed by atoms with Crippen molar-refractivity contribution >= 4 is 47.7 Å². The summed E-state index contributed by atoms with van der Waals surface area (Å²) in [7, 11) is -1.75. The van der Waals surface area contributed by atoms with E-state index in [1.165, 1.54) is 43.0 Å². The van der Waals surface area contributed by atoms with E-state index in [1.807, 2.05) is 13.8 Å². The Morgan fingerprint density at radius 1 is 0.455 bits per heavy atom. The third kappa shape index (κ3) is 9.06. The molecule has 0 unspecified atom stereocenters. The van der Waals surface area contributed by atoms with Gasteiger partial charge in [-0.3, -0.25) is 0 Å². The van der Waals surface area contributed by atoms with E-state index in [0.29, 0.717) is 13.2 Å². The van der Waals surface area contributed by atoms with Gasteiger partial charge >= 0.3 is 0 Å². The average molecular weight is 767 g/mol. The van der Waals surface area contributed by atoms with Gasteiger partial charge in [0.1, 0.15) is 36.9 Å². The molecule has 0 amide bonds. The molecule has 1 aliphatic rings. The first-order chi connectivity index (χ1) is 26.7. The summed E-state index contributed by atoms with van der Waals surface area (Å²) < 4.78 is 27.3. The normalized spacial score (nSPS) is 16.6. The van der Waals surface area contributed by atoms with Crippen LogP contribution in [0.25, 0.3) is 0 Å². The Kier molecular flexibility index (Phi) is 12.5. The molecule has 0 N–H and O–H groups in total. The predicted molar refractivity (Wildman–Crippen MR) is 233 cm³/mol. The van der Waals surface area contributed by atoms with Crippen LogP contribution in [0.15, 0.2) is 158 Å². The quantitative estimate of drug-likeness (QED) is 0.104. The van der Waals surface area contributed by atoms with Crippen LogP contribution in [-0.2, 0) is 9.47 Å². The molecule has 1 heterocycles. The monoisotopic (exact) mass is 766 g/mol. The Labute approximate surface area is 330 Å². The second kappa shape index (κ2) is 17.7. The summed E-state index contributed by atoms with van der Waals surface area (Å²) >= 11 is 0. The molecule has 0 spiro atoms. The molecule has 0 radical (unpaired) electrons. The molecule has 0 aromatic heterocycles. The molecule has 1 fully saturated rings. The molecule has 6 aromatic carbocycles. The van der Waals surface area contributed by atoms with Gasteiger partial charge in [0.05, 0.1) is 0 Å². The van der Waals surface area contributed by atoms with Crippen molar-refractivity contribution in [3.05, 3.63) is 169 Å². The van der Waals surface area contributed by atoms with Crippen LogP contribution in [0, 0.1) is 0 Å². The lowest BCUT2D eigenvalue weighted by molar-refractivity contribution is -0.150. The van der Waals surface area contributed by atoms with Crippen LogP contribution in [0.3, 0.4) is 0 Å². The zero-order chi connectivity index (χ0) is 38.4. The topological polar surface area (TPSA) is 36.9 Å². The maximum absolute atomic E-state index is 7.01. The molecule has 55 heavy (non-hydrogen) atoms. The largest absolute Gasteiger partial charge is 0.490 e. The van der Waals surface area contributed by atoms with Crippen molar-refractivity contribution in [2.75, 3.05) is 13.2 Å². The molecule has 0 saturated carbocycles. The molecule has 7 rings (SSSR count). The van der Waals surface area contributed by atoms with Gasteiger partial charge in [-0.25, -0.2) is 0 Å². The van der Waals surface area contributed by atoms with E-state index < -0.39 is 21.6 Å². The average Bonchev–Trinajstić information content (AvgIpc) is 3.51. The van der Waals surface area contributed by atoms with Crippen LogP contribution in [0.1, 0.15) is 64.5 Å². The summed E-state index contributed by atoms with van der Waals surface area (Å²) in [5.41, 5.74) is 2.38. The van der Waals surface area contributed by atoms with Gasteiger partial charge in [-0.05, 0) is 73.9 Å². The van der Waals surface area contributed by atoms with Crippen molar-refractivity contribution in [3.63, 3.8) is 0 Å². The van der Waals surface area contributed by atoms with Crippen molar-refractivity contribution in [1.82, 2.24) is 0 Å². The summed E-state index contributed by atoms with van der Waals surface area (Å²) in [6.45, 7) is 13.6. The highest BCUT2D eigenvalue weighted by molar-refractivity contribution is 7.80. The van der Waals surface area contributed by atoms with Crippen LogP contribution in [0.4, 0.5) is 0 Å². The maximum atomic E-state index is 7.01. The Balaban J connectivity index is 1.21. The van der Waals surface area contributed by atoms with Gasteiger partial charge < -0.3 is 18.9 Å². The number of rotatable bonds is 14. The number of hydrogen-bond acceptors (Lipinski definition) is 4. The third-order valence-corrected chi connectivity index (χ3v) is 14.8. The Hall–Kier alpha value is -4.30. The van der Waals surface area contributed by atoms with E-state index >= 15 is 0 Å². The molecular weight excluding hydrogens is 714 g/mol. The lowest BCUT2D eigenvalue weighted by Gasteiger charge is -2.27. The van der Waals surface area contributed by atoms with Crippen LogP contribution >= 0.6 is 15.8 Å². The summed E-state index contributed by atoms with van der Waals surface area (Å²) in [4.78, 5) is 0. The van der Waals surface area contributed by atoms with Gasteiger partial charge in [-0.2, -0.15) is 0 Å². The zero-order valence-corrected chi connectivity index (χ0v) is 34.6. The molecule has 0 bridgehead atoms. The Morgan fingerprint density at radius 2 is 0.764 bits per heavy atom. The molecule has 4 nitrogen and oxygen atoms in total. The number of ether oxygens (including phenoxy) is 4. The fourth-order valence-corrected chi connectivity index (χ4v) is 12.2. The van der Waals surface area contributed by atoms with Crippen molar-refractivity contribution < 1.29 is 18.9 Å². The first-order valence-electron chi connectivity index (χ1n) is 19.4. The van der Waals surface area contributed by atoms with E-state index in [4.69, 9.17) is 18.9 Å².